The Kier molecular flexibility index (Phi) is 6.74. The molecule has 0 bridgehead atoms. The number of methoxy groups -OCH3 is 1. The van der Waals surface area contributed by atoms with Crippen LogP contribution in [0.2, 0.25) is 0 Å². The summed E-state index contributed by atoms with van der Waals surface area (Å²) in [6, 6.07) is 18.8. The number of carbonyl (C=O) groups is 1. The van der Waals surface area contributed by atoms with Gasteiger partial charge in [-0.05, 0) is 42.5 Å². The van der Waals surface area contributed by atoms with Gasteiger partial charge in [0, 0.05) is 11.6 Å². The minimum atomic E-state index is -0.719. The average molecular weight is 448 g/mol. The highest BCUT2D eigenvalue weighted by Crippen LogP contribution is 2.20. The summed E-state index contributed by atoms with van der Waals surface area (Å²) in [7, 11) is 1.58. The molecule has 0 unspecified atom stereocenters. The first-order valence-corrected chi connectivity index (χ1v) is 10.0. The molecule has 0 aliphatic rings. The summed E-state index contributed by atoms with van der Waals surface area (Å²) >= 11 is 0. The van der Waals surface area contributed by atoms with E-state index in [1.165, 1.54) is 12.1 Å². The molecule has 10 nitrogen and oxygen atoms in total. The van der Waals surface area contributed by atoms with E-state index in [0.29, 0.717) is 17.1 Å². The van der Waals surface area contributed by atoms with Crippen molar-refractivity contribution in [3.63, 3.8) is 0 Å². The normalized spacial score (nSPS) is 10.6. The molecule has 0 radical (unpaired) electrons. The zero-order valence-electron chi connectivity index (χ0n) is 17.7. The van der Waals surface area contributed by atoms with Gasteiger partial charge in [-0.1, -0.05) is 23.4 Å². The predicted molar refractivity (Wildman–Crippen MR) is 116 cm³/mol. The van der Waals surface area contributed by atoms with Crippen LogP contribution in [0, 0.1) is 0 Å². The van der Waals surface area contributed by atoms with E-state index in [0.717, 1.165) is 4.68 Å². The molecule has 2 aromatic heterocycles. The maximum absolute atomic E-state index is 12.4. The van der Waals surface area contributed by atoms with Gasteiger partial charge in [-0.2, -0.15) is 10.1 Å². The van der Waals surface area contributed by atoms with Crippen LogP contribution in [0.5, 0.6) is 11.5 Å². The summed E-state index contributed by atoms with van der Waals surface area (Å²) in [5.74, 6) is 1.14. The molecule has 168 valence electrons. The number of nitrogens with zero attached hydrogens (tertiary/aromatic N) is 4. The van der Waals surface area contributed by atoms with Gasteiger partial charge in [0.15, 0.2) is 12.3 Å². The maximum Gasteiger partial charge on any atom is 0.359 e. The van der Waals surface area contributed by atoms with Crippen LogP contribution in [-0.4, -0.2) is 39.6 Å². The maximum atomic E-state index is 12.4. The van der Waals surface area contributed by atoms with Crippen LogP contribution in [0.25, 0.3) is 11.5 Å². The Hall–Kier alpha value is -4.47. The number of rotatable bonds is 9. The Labute approximate surface area is 188 Å². The molecule has 0 aliphatic heterocycles. The second-order valence-electron chi connectivity index (χ2n) is 6.76. The van der Waals surface area contributed by atoms with Gasteiger partial charge >= 0.3 is 5.97 Å². The second-order valence-corrected chi connectivity index (χ2v) is 6.76. The van der Waals surface area contributed by atoms with Gasteiger partial charge in [-0.25, -0.2) is 9.48 Å². The summed E-state index contributed by atoms with van der Waals surface area (Å²) in [4.78, 5) is 28.7. The summed E-state index contributed by atoms with van der Waals surface area (Å²) in [6.07, 6.45) is 0. The minimum Gasteiger partial charge on any atom is -0.497 e. The fourth-order valence-electron chi connectivity index (χ4n) is 2.85. The molecule has 0 fully saturated rings. The molecular weight excluding hydrogens is 428 g/mol. The Morgan fingerprint density at radius 3 is 2.55 bits per heavy atom. The van der Waals surface area contributed by atoms with Gasteiger partial charge < -0.3 is 18.7 Å². The Balaban J connectivity index is 1.34. The molecule has 10 heteroatoms. The van der Waals surface area contributed by atoms with Crippen molar-refractivity contribution >= 4 is 5.97 Å². The Morgan fingerprint density at radius 2 is 1.79 bits per heavy atom. The molecule has 0 N–H and O–H groups in total. The molecule has 2 heterocycles. The van der Waals surface area contributed by atoms with Crippen LogP contribution in [0.1, 0.15) is 16.3 Å². The monoisotopic (exact) mass is 448 g/mol. The van der Waals surface area contributed by atoms with Crippen LogP contribution in [0.4, 0.5) is 0 Å². The van der Waals surface area contributed by atoms with Crippen molar-refractivity contribution in [2.75, 3.05) is 13.7 Å². The van der Waals surface area contributed by atoms with E-state index in [2.05, 4.69) is 15.2 Å². The predicted octanol–water partition coefficient (Wildman–Crippen LogP) is 2.74. The molecule has 4 rings (SSSR count). The van der Waals surface area contributed by atoms with Crippen molar-refractivity contribution in [1.29, 1.82) is 0 Å². The van der Waals surface area contributed by atoms with Crippen LogP contribution >= 0.6 is 0 Å². The molecule has 0 saturated carbocycles. The van der Waals surface area contributed by atoms with Crippen LogP contribution in [-0.2, 0) is 17.9 Å². The van der Waals surface area contributed by atoms with Crippen molar-refractivity contribution in [3.8, 4) is 23.0 Å². The lowest BCUT2D eigenvalue weighted by Gasteiger charge is -2.08. The minimum absolute atomic E-state index is 0.0202. The molecular formula is C23H20N4O6. The first-order valence-electron chi connectivity index (χ1n) is 10.0. The number of carbonyl (C=O) groups excluding carboxylic acids is 1. The number of ether oxygens (including phenoxy) is 3. The highest BCUT2D eigenvalue weighted by Gasteiger charge is 2.15. The van der Waals surface area contributed by atoms with E-state index in [1.807, 2.05) is 30.3 Å². The van der Waals surface area contributed by atoms with Crippen molar-refractivity contribution in [2.24, 2.45) is 0 Å². The fourth-order valence-corrected chi connectivity index (χ4v) is 2.85. The summed E-state index contributed by atoms with van der Waals surface area (Å²) in [5.41, 5.74) is 0.325. The SMILES string of the molecule is COc1ccc(-c2nc(COC(=O)c3ccc(=O)n(CCOc4ccccc4)n3)no2)cc1. The van der Waals surface area contributed by atoms with E-state index in [9.17, 15) is 9.59 Å². The lowest BCUT2D eigenvalue weighted by atomic mass is 10.2. The van der Waals surface area contributed by atoms with Gasteiger partial charge in [0.05, 0.1) is 13.7 Å². The number of aromatic nitrogens is 4. The van der Waals surface area contributed by atoms with Gasteiger partial charge in [0.1, 0.15) is 18.1 Å². The number of hydrogen-bond acceptors (Lipinski definition) is 9. The molecule has 0 saturated heterocycles. The smallest absolute Gasteiger partial charge is 0.359 e. The second kappa shape index (κ2) is 10.2. The number of para-hydroxylation sites is 1. The highest BCUT2D eigenvalue weighted by molar-refractivity contribution is 5.86. The molecule has 2 aromatic carbocycles. The van der Waals surface area contributed by atoms with Crippen LogP contribution in [0.15, 0.2) is 76.0 Å². The molecule has 0 amide bonds. The van der Waals surface area contributed by atoms with Crippen LogP contribution < -0.4 is 15.0 Å². The zero-order valence-corrected chi connectivity index (χ0v) is 17.7. The van der Waals surface area contributed by atoms with Crippen molar-refractivity contribution < 1.29 is 23.5 Å². The number of benzene rings is 2. The third kappa shape index (κ3) is 5.62. The van der Waals surface area contributed by atoms with Gasteiger partial charge in [0.25, 0.3) is 11.4 Å². The first-order chi connectivity index (χ1) is 16.1. The van der Waals surface area contributed by atoms with Gasteiger partial charge in [-0.15, -0.1) is 0 Å². The Bertz CT molecular complexity index is 1270. The molecule has 0 aliphatic carbocycles. The van der Waals surface area contributed by atoms with E-state index in [-0.39, 0.29) is 42.7 Å². The van der Waals surface area contributed by atoms with E-state index in [4.69, 9.17) is 18.7 Å². The van der Waals surface area contributed by atoms with Crippen LogP contribution in [0.3, 0.4) is 0 Å². The van der Waals surface area contributed by atoms with E-state index in [1.54, 1.807) is 31.4 Å². The van der Waals surface area contributed by atoms with Crippen molar-refractivity contribution in [1.82, 2.24) is 19.9 Å². The van der Waals surface area contributed by atoms with Crippen molar-refractivity contribution in [3.05, 3.63) is 88.6 Å². The van der Waals surface area contributed by atoms with E-state index >= 15 is 0 Å². The topological polar surface area (TPSA) is 119 Å². The number of hydrogen-bond donors (Lipinski definition) is 0. The third-order valence-corrected chi connectivity index (χ3v) is 4.53. The summed E-state index contributed by atoms with van der Waals surface area (Å²) < 4.78 is 22.3. The fraction of sp³-hybridized carbons (Fsp3) is 0.174. The molecule has 0 atom stereocenters. The van der Waals surface area contributed by atoms with Crippen molar-refractivity contribution in [2.45, 2.75) is 13.2 Å². The lowest BCUT2D eigenvalue weighted by Crippen LogP contribution is -2.27. The van der Waals surface area contributed by atoms with Gasteiger partial charge in [0.2, 0.25) is 5.82 Å². The largest absolute Gasteiger partial charge is 0.497 e. The molecule has 0 spiro atoms. The highest BCUT2D eigenvalue weighted by atomic mass is 16.5. The third-order valence-electron chi connectivity index (χ3n) is 4.53. The van der Waals surface area contributed by atoms with E-state index < -0.39 is 5.97 Å². The summed E-state index contributed by atoms with van der Waals surface area (Å²) in [5, 5.41) is 7.87. The first kappa shape index (κ1) is 21.8. The lowest BCUT2D eigenvalue weighted by molar-refractivity contribution is 0.0449. The standard InChI is InChI=1S/C23H20N4O6/c1-30-17-9-7-16(8-10-17)22-24-20(26-33-22)15-32-23(29)19-11-12-21(28)27(25-19)13-14-31-18-5-3-2-4-6-18/h2-12H,13-15H2,1H3. The Morgan fingerprint density at radius 1 is 1.00 bits per heavy atom. The van der Waals surface area contributed by atoms with Gasteiger partial charge in [-0.3, -0.25) is 4.79 Å². The zero-order chi connectivity index (χ0) is 23.0. The quantitative estimate of drug-likeness (QED) is 0.356. The average Bonchev–Trinajstić information content (AvgIpc) is 3.33. The number of esters is 1. The molecule has 4 aromatic rings. The summed E-state index contributed by atoms with van der Waals surface area (Å²) in [6.45, 7) is 0.174. The molecule has 33 heavy (non-hydrogen) atoms.